The van der Waals surface area contributed by atoms with Gasteiger partial charge in [-0.25, -0.2) is 4.98 Å². The van der Waals surface area contributed by atoms with E-state index in [4.69, 9.17) is 0 Å². The number of rotatable bonds is 0. The van der Waals surface area contributed by atoms with E-state index in [1.807, 2.05) is 0 Å². The predicted octanol–water partition coefficient (Wildman–Crippen LogP) is 2.38. The van der Waals surface area contributed by atoms with Crippen LogP contribution in [0.25, 0.3) is 11.0 Å². The number of nitrogens with zero attached hydrogens (tertiary/aromatic N) is 1. The Kier molecular flexibility index (Phi) is 1.55. The molecule has 0 saturated heterocycles. The van der Waals surface area contributed by atoms with Gasteiger partial charge in [-0.15, -0.1) is 0 Å². The molecule has 2 aromatic rings. The van der Waals surface area contributed by atoms with Crippen molar-refractivity contribution in [3.8, 4) is 0 Å². The van der Waals surface area contributed by atoms with E-state index in [-0.39, 0.29) is 5.52 Å². The molecule has 0 unspecified atom stereocenters. The number of fused-ring (bicyclic) bond motifs is 1. The number of halogens is 3. The molecule has 1 N–H and O–H groups in total. The van der Waals surface area contributed by atoms with Crippen molar-refractivity contribution >= 4 is 11.0 Å². The molecule has 0 aliphatic carbocycles. The smallest absolute Gasteiger partial charge is 0.352 e. The van der Waals surface area contributed by atoms with Crippen LogP contribution in [0.2, 0.25) is 0 Å². The lowest BCUT2D eigenvalue weighted by molar-refractivity contribution is -0.140. The summed E-state index contributed by atoms with van der Waals surface area (Å²) in [7, 11) is 0. The van der Waals surface area contributed by atoms with Crippen molar-refractivity contribution in [2.75, 3.05) is 0 Å². The molecule has 0 aliphatic heterocycles. The fraction of sp³-hybridized carbons (Fsp3) is 0.125. The third-order valence-corrected chi connectivity index (χ3v) is 1.63. The first kappa shape index (κ1) is 8.10. The second kappa shape index (κ2) is 2.48. The molecule has 2 heterocycles. The number of nitrogens with one attached hydrogen (secondary N) is 1. The summed E-state index contributed by atoms with van der Waals surface area (Å²) in [5.41, 5.74) is -0.0594. The average Bonchev–Trinajstić information content (AvgIpc) is 2.47. The maximum absolute atomic E-state index is 12.1. The highest BCUT2D eigenvalue weighted by atomic mass is 19.4. The first-order valence-corrected chi connectivity index (χ1v) is 3.50. The number of hydrogen-bond acceptors (Lipinski definition) is 1. The van der Waals surface area contributed by atoms with E-state index < -0.39 is 11.9 Å². The number of pyridine rings is 1. The quantitative estimate of drug-likeness (QED) is 0.670. The summed E-state index contributed by atoms with van der Waals surface area (Å²) in [6.07, 6.45) is -1.82. The minimum absolute atomic E-state index is 0.273. The number of H-pyrrole nitrogens is 1. The maximum atomic E-state index is 12.1. The molecule has 0 saturated carbocycles. The summed E-state index contributed by atoms with van der Waals surface area (Å²) in [4.78, 5) is 6.06. The SMILES string of the molecule is FC(F)(F)c1ccc2[nH][c]cc2n1. The van der Waals surface area contributed by atoms with Crippen molar-refractivity contribution in [1.82, 2.24) is 9.97 Å². The van der Waals surface area contributed by atoms with Gasteiger partial charge in [0.1, 0.15) is 5.69 Å². The van der Waals surface area contributed by atoms with Gasteiger partial charge in [-0.05, 0) is 18.2 Å². The highest BCUT2D eigenvalue weighted by molar-refractivity contribution is 5.74. The molecule has 2 aromatic heterocycles. The summed E-state index contributed by atoms with van der Waals surface area (Å²) >= 11 is 0. The molecule has 0 spiro atoms. The van der Waals surface area contributed by atoms with Gasteiger partial charge in [-0.2, -0.15) is 13.2 Å². The first-order chi connectivity index (χ1) is 6.07. The van der Waals surface area contributed by atoms with Crippen LogP contribution < -0.4 is 0 Å². The van der Waals surface area contributed by atoms with Gasteiger partial charge in [-0.1, -0.05) is 0 Å². The third kappa shape index (κ3) is 1.37. The van der Waals surface area contributed by atoms with Gasteiger partial charge in [0.15, 0.2) is 0 Å². The van der Waals surface area contributed by atoms with Gasteiger partial charge in [0.05, 0.1) is 17.2 Å². The van der Waals surface area contributed by atoms with Crippen LogP contribution in [0.15, 0.2) is 18.2 Å². The molecule has 0 fully saturated rings. The van der Waals surface area contributed by atoms with E-state index in [0.717, 1.165) is 6.07 Å². The zero-order valence-corrected chi connectivity index (χ0v) is 6.31. The Labute approximate surface area is 71.4 Å². The zero-order valence-electron chi connectivity index (χ0n) is 6.31. The molecular formula is C8H4F3N2. The van der Waals surface area contributed by atoms with E-state index in [0.29, 0.717) is 5.52 Å². The maximum Gasteiger partial charge on any atom is 0.433 e. The number of alkyl halides is 3. The molecule has 5 heteroatoms. The van der Waals surface area contributed by atoms with Crippen LogP contribution in [-0.4, -0.2) is 9.97 Å². The largest absolute Gasteiger partial charge is 0.433 e. The van der Waals surface area contributed by atoms with Crippen LogP contribution in [-0.2, 0) is 6.18 Å². The Balaban J connectivity index is 2.61. The lowest BCUT2D eigenvalue weighted by Gasteiger charge is -2.04. The summed E-state index contributed by atoms with van der Waals surface area (Å²) in [5.74, 6) is 0. The molecule has 2 rings (SSSR count). The van der Waals surface area contributed by atoms with Crippen LogP contribution >= 0.6 is 0 Å². The minimum atomic E-state index is -4.38. The first-order valence-electron chi connectivity index (χ1n) is 3.50. The van der Waals surface area contributed by atoms with Crippen LogP contribution in [0.1, 0.15) is 5.69 Å². The summed E-state index contributed by atoms with van der Waals surface area (Å²) in [6.45, 7) is 0. The molecule has 0 aromatic carbocycles. The van der Waals surface area contributed by atoms with E-state index in [9.17, 15) is 13.2 Å². The van der Waals surface area contributed by atoms with Gasteiger partial charge in [0.2, 0.25) is 0 Å². The molecule has 13 heavy (non-hydrogen) atoms. The predicted molar refractivity (Wildman–Crippen MR) is 39.9 cm³/mol. The van der Waals surface area contributed by atoms with E-state index in [1.165, 1.54) is 12.1 Å². The standard InChI is InChI=1S/C8H4F3N2/c9-8(10,11)7-2-1-5-6(13-7)3-4-12-5/h1-3,12H. The minimum Gasteiger partial charge on any atom is -0.352 e. The second-order valence-electron chi connectivity index (χ2n) is 2.54. The van der Waals surface area contributed by atoms with Crippen molar-refractivity contribution < 1.29 is 13.2 Å². The molecule has 0 atom stereocenters. The lowest BCUT2D eigenvalue weighted by Crippen LogP contribution is -2.07. The Morgan fingerprint density at radius 1 is 1.31 bits per heavy atom. The van der Waals surface area contributed by atoms with E-state index in [2.05, 4.69) is 16.2 Å². The number of aromatic nitrogens is 2. The molecular weight excluding hydrogens is 181 g/mol. The van der Waals surface area contributed by atoms with Crippen LogP contribution in [0.5, 0.6) is 0 Å². The highest BCUT2D eigenvalue weighted by Crippen LogP contribution is 2.28. The van der Waals surface area contributed by atoms with Crippen LogP contribution in [0.4, 0.5) is 13.2 Å². The second-order valence-corrected chi connectivity index (χ2v) is 2.54. The monoisotopic (exact) mass is 185 g/mol. The Morgan fingerprint density at radius 2 is 2.08 bits per heavy atom. The summed E-state index contributed by atoms with van der Waals surface area (Å²) < 4.78 is 36.4. The van der Waals surface area contributed by atoms with Crippen molar-refractivity contribution in [2.45, 2.75) is 6.18 Å². The van der Waals surface area contributed by atoms with Crippen molar-refractivity contribution in [3.63, 3.8) is 0 Å². The molecule has 0 bridgehead atoms. The summed E-state index contributed by atoms with van der Waals surface area (Å²) in [6, 6.07) is 3.65. The van der Waals surface area contributed by atoms with Gasteiger partial charge in [0, 0.05) is 0 Å². The fourth-order valence-corrected chi connectivity index (χ4v) is 1.03. The zero-order chi connectivity index (χ0) is 9.47. The number of aromatic amines is 1. The molecule has 0 aliphatic rings. The molecule has 67 valence electrons. The van der Waals surface area contributed by atoms with Gasteiger partial charge in [0.25, 0.3) is 0 Å². The Hall–Kier alpha value is -1.52. The third-order valence-electron chi connectivity index (χ3n) is 1.63. The fourth-order valence-electron chi connectivity index (χ4n) is 1.03. The van der Waals surface area contributed by atoms with Gasteiger partial charge >= 0.3 is 6.18 Å². The molecule has 0 amide bonds. The van der Waals surface area contributed by atoms with Crippen LogP contribution in [0.3, 0.4) is 0 Å². The average molecular weight is 185 g/mol. The normalized spacial score (nSPS) is 12.2. The lowest BCUT2D eigenvalue weighted by atomic mass is 10.3. The Morgan fingerprint density at radius 3 is 2.77 bits per heavy atom. The van der Waals surface area contributed by atoms with Crippen molar-refractivity contribution in [1.29, 1.82) is 0 Å². The van der Waals surface area contributed by atoms with Crippen LogP contribution in [0, 0.1) is 6.20 Å². The number of hydrogen-bond donors (Lipinski definition) is 1. The van der Waals surface area contributed by atoms with Crippen molar-refractivity contribution in [2.24, 2.45) is 0 Å². The van der Waals surface area contributed by atoms with Gasteiger partial charge < -0.3 is 4.98 Å². The molecule has 1 radical (unpaired) electrons. The topological polar surface area (TPSA) is 28.7 Å². The van der Waals surface area contributed by atoms with Gasteiger partial charge in [-0.3, -0.25) is 0 Å². The van der Waals surface area contributed by atoms with E-state index in [1.54, 1.807) is 0 Å². The highest BCUT2D eigenvalue weighted by Gasteiger charge is 2.32. The van der Waals surface area contributed by atoms with Crippen molar-refractivity contribution in [3.05, 3.63) is 30.1 Å². The Bertz CT molecular complexity index is 430. The summed E-state index contributed by atoms with van der Waals surface area (Å²) in [5, 5.41) is 0. The van der Waals surface area contributed by atoms with E-state index >= 15 is 0 Å². The molecule has 2 nitrogen and oxygen atoms in total.